The topological polar surface area (TPSA) is 83.5 Å². The summed E-state index contributed by atoms with van der Waals surface area (Å²) in [5, 5.41) is 17.4. The normalized spacial score (nSPS) is 9.20. The monoisotopic (exact) mass is 205 g/mol. The summed E-state index contributed by atoms with van der Waals surface area (Å²) in [4.78, 5) is 10.8. The van der Waals surface area contributed by atoms with Crippen LogP contribution in [0.1, 0.15) is 21.5 Å². The Morgan fingerprint density at radius 2 is 2.20 bits per heavy atom. The predicted octanol–water partition coefficient (Wildman–Crippen LogP) is 0.619. The van der Waals surface area contributed by atoms with Crippen molar-refractivity contribution in [1.82, 2.24) is 0 Å². The Kier molecular flexibility index (Phi) is 3.32. The zero-order valence-corrected chi connectivity index (χ0v) is 8.24. The molecule has 0 aliphatic heterocycles. The number of nitrogen functional groups attached to an aromatic ring is 1. The number of anilines is 1. The van der Waals surface area contributed by atoms with Gasteiger partial charge >= 0.3 is 5.97 Å². The molecule has 4 N–H and O–H groups in total. The van der Waals surface area contributed by atoms with Crippen LogP contribution >= 0.6 is 0 Å². The summed E-state index contributed by atoms with van der Waals surface area (Å²) in [6.07, 6.45) is 0. The van der Waals surface area contributed by atoms with Crippen LogP contribution in [0.2, 0.25) is 0 Å². The number of aryl methyl sites for hydroxylation is 1. The second-order valence-corrected chi connectivity index (χ2v) is 3.04. The lowest BCUT2D eigenvalue weighted by atomic mass is 10.0. The van der Waals surface area contributed by atoms with Gasteiger partial charge in [0.25, 0.3) is 0 Å². The molecular formula is C11H11NO3. The van der Waals surface area contributed by atoms with Crippen LogP contribution in [-0.4, -0.2) is 22.8 Å². The number of aliphatic hydroxyl groups excluding tert-OH is 1. The van der Waals surface area contributed by atoms with Crippen LogP contribution in [0.4, 0.5) is 5.69 Å². The Hall–Kier alpha value is -1.99. The van der Waals surface area contributed by atoms with Gasteiger partial charge < -0.3 is 15.9 Å². The number of benzene rings is 1. The van der Waals surface area contributed by atoms with E-state index in [0.717, 1.165) is 5.56 Å². The SMILES string of the molecule is Cc1cc(C#CCO)c(N)c(C(=O)O)c1. The maximum atomic E-state index is 10.8. The van der Waals surface area contributed by atoms with E-state index in [-0.39, 0.29) is 17.9 Å². The Bertz CT molecular complexity index is 455. The van der Waals surface area contributed by atoms with Crippen LogP contribution in [0, 0.1) is 18.8 Å². The smallest absolute Gasteiger partial charge is 0.337 e. The molecule has 0 saturated carbocycles. The van der Waals surface area contributed by atoms with Gasteiger partial charge in [0.05, 0.1) is 11.3 Å². The van der Waals surface area contributed by atoms with Crippen molar-refractivity contribution >= 4 is 11.7 Å². The molecule has 0 heterocycles. The second-order valence-electron chi connectivity index (χ2n) is 3.04. The quantitative estimate of drug-likeness (QED) is 0.463. The number of aromatic carboxylic acids is 1. The van der Waals surface area contributed by atoms with Gasteiger partial charge in [-0.15, -0.1) is 0 Å². The van der Waals surface area contributed by atoms with Crippen molar-refractivity contribution < 1.29 is 15.0 Å². The van der Waals surface area contributed by atoms with Gasteiger partial charge in [-0.3, -0.25) is 0 Å². The van der Waals surface area contributed by atoms with E-state index < -0.39 is 5.97 Å². The highest BCUT2D eigenvalue weighted by Crippen LogP contribution is 2.19. The molecule has 15 heavy (non-hydrogen) atoms. The largest absolute Gasteiger partial charge is 0.478 e. The van der Waals surface area contributed by atoms with Crippen molar-refractivity contribution in [2.45, 2.75) is 6.92 Å². The highest BCUT2D eigenvalue weighted by Gasteiger charge is 2.11. The van der Waals surface area contributed by atoms with E-state index in [1.165, 1.54) is 6.07 Å². The lowest BCUT2D eigenvalue weighted by Gasteiger charge is -2.05. The van der Waals surface area contributed by atoms with E-state index in [1.807, 2.05) is 0 Å². The molecule has 0 amide bonds. The maximum absolute atomic E-state index is 10.8. The number of rotatable bonds is 1. The zero-order chi connectivity index (χ0) is 11.4. The molecular weight excluding hydrogens is 194 g/mol. The molecule has 4 heteroatoms. The van der Waals surface area contributed by atoms with Gasteiger partial charge in [-0.25, -0.2) is 4.79 Å². The van der Waals surface area contributed by atoms with Crippen LogP contribution in [0.25, 0.3) is 0 Å². The molecule has 0 unspecified atom stereocenters. The average Bonchev–Trinajstić information content (AvgIpc) is 2.18. The molecule has 0 bridgehead atoms. The first-order valence-electron chi connectivity index (χ1n) is 4.29. The summed E-state index contributed by atoms with van der Waals surface area (Å²) in [7, 11) is 0. The van der Waals surface area contributed by atoms with Crippen molar-refractivity contribution in [3.8, 4) is 11.8 Å². The Balaban J connectivity index is 3.34. The van der Waals surface area contributed by atoms with E-state index >= 15 is 0 Å². The summed E-state index contributed by atoms with van der Waals surface area (Å²) < 4.78 is 0. The lowest BCUT2D eigenvalue weighted by Crippen LogP contribution is -2.05. The van der Waals surface area contributed by atoms with Gasteiger partial charge in [-0.1, -0.05) is 11.8 Å². The van der Waals surface area contributed by atoms with Gasteiger partial charge in [0.1, 0.15) is 6.61 Å². The molecule has 0 radical (unpaired) electrons. The molecule has 0 aromatic heterocycles. The molecule has 1 rings (SSSR count). The number of hydrogen-bond donors (Lipinski definition) is 3. The van der Waals surface area contributed by atoms with Crippen molar-refractivity contribution in [3.05, 3.63) is 28.8 Å². The molecule has 0 spiro atoms. The summed E-state index contributed by atoms with van der Waals surface area (Å²) in [6.45, 7) is 1.48. The summed E-state index contributed by atoms with van der Waals surface area (Å²) in [6, 6.07) is 3.17. The van der Waals surface area contributed by atoms with Gasteiger partial charge in [0.15, 0.2) is 0 Å². The fraction of sp³-hybridized carbons (Fsp3) is 0.182. The van der Waals surface area contributed by atoms with E-state index in [4.69, 9.17) is 15.9 Å². The minimum Gasteiger partial charge on any atom is -0.478 e. The van der Waals surface area contributed by atoms with E-state index in [1.54, 1.807) is 13.0 Å². The summed E-state index contributed by atoms with van der Waals surface area (Å²) >= 11 is 0. The molecule has 0 fully saturated rings. The zero-order valence-electron chi connectivity index (χ0n) is 8.24. The third-order valence-electron chi connectivity index (χ3n) is 1.86. The van der Waals surface area contributed by atoms with Crippen LogP contribution in [0.3, 0.4) is 0 Å². The van der Waals surface area contributed by atoms with Crippen LogP contribution in [0.15, 0.2) is 12.1 Å². The summed E-state index contributed by atoms with van der Waals surface area (Å²) in [5.74, 6) is 3.96. The van der Waals surface area contributed by atoms with E-state index in [9.17, 15) is 4.79 Å². The Morgan fingerprint density at radius 3 is 2.73 bits per heavy atom. The first-order chi connectivity index (χ1) is 7.06. The second kappa shape index (κ2) is 4.49. The molecule has 0 atom stereocenters. The molecule has 78 valence electrons. The molecule has 0 saturated heterocycles. The highest BCUT2D eigenvalue weighted by atomic mass is 16.4. The van der Waals surface area contributed by atoms with Crippen molar-refractivity contribution in [2.75, 3.05) is 12.3 Å². The van der Waals surface area contributed by atoms with Gasteiger partial charge in [0.2, 0.25) is 0 Å². The molecule has 1 aromatic carbocycles. The minimum absolute atomic E-state index is 0.0391. The molecule has 0 aliphatic rings. The number of hydrogen-bond acceptors (Lipinski definition) is 3. The van der Waals surface area contributed by atoms with Crippen LogP contribution in [-0.2, 0) is 0 Å². The average molecular weight is 205 g/mol. The van der Waals surface area contributed by atoms with Crippen LogP contribution < -0.4 is 5.73 Å². The standard InChI is InChI=1S/C11H11NO3/c1-7-5-8(3-2-4-13)10(12)9(6-7)11(14)15/h5-6,13H,4,12H2,1H3,(H,14,15). The predicted molar refractivity (Wildman–Crippen MR) is 56.5 cm³/mol. The van der Waals surface area contributed by atoms with E-state index in [0.29, 0.717) is 5.56 Å². The van der Waals surface area contributed by atoms with E-state index in [2.05, 4.69) is 11.8 Å². The third kappa shape index (κ3) is 2.48. The third-order valence-corrected chi connectivity index (χ3v) is 1.86. The number of carboxylic acid groups (broad SMARTS) is 1. The molecule has 0 aliphatic carbocycles. The van der Waals surface area contributed by atoms with Crippen molar-refractivity contribution in [2.24, 2.45) is 0 Å². The van der Waals surface area contributed by atoms with Gasteiger partial charge in [-0.2, -0.15) is 0 Å². The number of aliphatic hydroxyl groups is 1. The first-order valence-corrected chi connectivity index (χ1v) is 4.29. The van der Waals surface area contributed by atoms with Crippen molar-refractivity contribution in [3.63, 3.8) is 0 Å². The maximum Gasteiger partial charge on any atom is 0.337 e. The van der Waals surface area contributed by atoms with Gasteiger partial charge in [-0.05, 0) is 24.6 Å². The van der Waals surface area contributed by atoms with Gasteiger partial charge in [0, 0.05) is 5.56 Å². The number of carbonyl (C=O) groups is 1. The van der Waals surface area contributed by atoms with Crippen LogP contribution in [0.5, 0.6) is 0 Å². The summed E-state index contributed by atoms with van der Waals surface area (Å²) in [5.41, 5.74) is 7.00. The highest BCUT2D eigenvalue weighted by molar-refractivity contribution is 5.95. The minimum atomic E-state index is -1.08. The Morgan fingerprint density at radius 1 is 1.53 bits per heavy atom. The fourth-order valence-electron chi connectivity index (χ4n) is 1.21. The first kappa shape index (κ1) is 11.1. The molecule has 4 nitrogen and oxygen atoms in total. The lowest BCUT2D eigenvalue weighted by molar-refractivity contribution is 0.0698. The number of carboxylic acids is 1. The van der Waals surface area contributed by atoms with Crippen molar-refractivity contribution in [1.29, 1.82) is 0 Å². The number of nitrogens with two attached hydrogens (primary N) is 1. The molecule has 1 aromatic rings. The fourth-order valence-corrected chi connectivity index (χ4v) is 1.21. The Labute approximate surface area is 87.3 Å².